The Morgan fingerprint density at radius 3 is 2.47 bits per heavy atom. The highest BCUT2D eigenvalue weighted by Crippen LogP contribution is 2.07. The molecule has 4 heteroatoms. The standard InChI is InChI=1S/C13H15ClN2O/c1-9(14)7-10(2)16-13(17)12-5-3-11(8-15)4-6-12/h3-6,9-10H,7H2,1-2H3,(H,16,17). The van der Waals surface area contributed by atoms with Crippen molar-refractivity contribution in [1.29, 1.82) is 5.26 Å². The van der Waals surface area contributed by atoms with Crippen molar-refractivity contribution in [3.05, 3.63) is 35.4 Å². The first-order valence-corrected chi connectivity index (χ1v) is 5.91. The highest BCUT2D eigenvalue weighted by molar-refractivity contribution is 6.20. The molecule has 1 N–H and O–H groups in total. The molecule has 2 unspecified atom stereocenters. The predicted octanol–water partition coefficient (Wildman–Crippen LogP) is 2.69. The Morgan fingerprint density at radius 1 is 1.41 bits per heavy atom. The van der Waals surface area contributed by atoms with Crippen LogP contribution in [0.1, 0.15) is 36.2 Å². The van der Waals surface area contributed by atoms with Gasteiger partial charge in [-0.25, -0.2) is 0 Å². The molecule has 0 bridgehead atoms. The van der Waals surface area contributed by atoms with Gasteiger partial charge in [-0.3, -0.25) is 4.79 Å². The van der Waals surface area contributed by atoms with E-state index in [-0.39, 0.29) is 17.3 Å². The Bertz CT molecular complexity index is 420. The molecular weight excluding hydrogens is 236 g/mol. The van der Waals surface area contributed by atoms with Gasteiger partial charge in [0.1, 0.15) is 0 Å². The molecular formula is C13H15ClN2O. The van der Waals surface area contributed by atoms with Crippen LogP contribution in [0.4, 0.5) is 0 Å². The van der Waals surface area contributed by atoms with Crippen molar-refractivity contribution in [2.75, 3.05) is 0 Å². The second kappa shape index (κ2) is 6.27. The average Bonchev–Trinajstić information content (AvgIpc) is 2.28. The normalized spacial score (nSPS) is 13.5. The SMILES string of the molecule is CC(Cl)CC(C)NC(=O)c1ccc(C#N)cc1. The van der Waals surface area contributed by atoms with Gasteiger partial charge in [0.2, 0.25) is 0 Å². The van der Waals surface area contributed by atoms with E-state index in [1.807, 2.05) is 19.9 Å². The fourth-order valence-corrected chi connectivity index (χ4v) is 1.82. The number of hydrogen-bond donors (Lipinski definition) is 1. The van der Waals surface area contributed by atoms with E-state index in [0.29, 0.717) is 11.1 Å². The fraction of sp³-hybridized carbons (Fsp3) is 0.385. The molecule has 3 nitrogen and oxygen atoms in total. The number of alkyl halides is 1. The van der Waals surface area contributed by atoms with Gasteiger partial charge in [-0.2, -0.15) is 5.26 Å². The number of carbonyl (C=O) groups is 1. The first-order valence-electron chi connectivity index (χ1n) is 5.48. The van der Waals surface area contributed by atoms with E-state index in [1.165, 1.54) is 0 Å². The maximum atomic E-state index is 11.8. The molecule has 0 saturated heterocycles. The number of hydrogen-bond acceptors (Lipinski definition) is 2. The maximum Gasteiger partial charge on any atom is 0.251 e. The molecule has 0 aliphatic rings. The molecule has 17 heavy (non-hydrogen) atoms. The number of nitriles is 1. The summed E-state index contributed by atoms with van der Waals surface area (Å²) in [4.78, 5) is 11.8. The summed E-state index contributed by atoms with van der Waals surface area (Å²) in [5.74, 6) is -0.140. The Hall–Kier alpha value is -1.53. The quantitative estimate of drug-likeness (QED) is 0.836. The van der Waals surface area contributed by atoms with Crippen molar-refractivity contribution in [3.8, 4) is 6.07 Å². The monoisotopic (exact) mass is 250 g/mol. The third-order valence-corrected chi connectivity index (χ3v) is 2.51. The molecule has 0 radical (unpaired) electrons. The zero-order valence-corrected chi connectivity index (χ0v) is 10.7. The van der Waals surface area contributed by atoms with E-state index in [1.54, 1.807) is 24.3 Å². The van der Waals surface area contributed by atoms with Crippen LogP contribution >= 0.6 is 11.6 Å². The van der Waals surface area contributed by atoms with Crippen LogP contribution in [-0.2, 0) is 0 Å². The van der Waals surface area contributed by atoms with E-state index in [4.69, 9.17) is 16.9 Å². The van der Waals surface area contributed by atoms with Gasteiger partial charge in [0.15, 0.2) is 0 Å². The van der Waals surface area contributed by atoms with Crippen molar-refractivity contribution < 1.29 is 4.79 Å². The second-order valence-corrected chi connectivity index (χ2v) is 4.83. The van der Waals surface area contributed by atoms with Crippen LogP contribution in [-0.4, -0.2) is 17.3 Å². The topological polar surface area (TPSA) is 52.9 Å². The van der Waals surface area contributed by atoms with Gasteiger partial charge in [-0.1, -0.05) is 0 Å². The van der Waals surface area contributed by atoms with Crippen LogP contribution in [0.5, 0.6) is 0 Å². The van der Waals surface area contributed by atoms with Gasteiger partial charge < -0.3 is 5.32 Å². The Balaban J connectivity index is 2.61. The van der Waals surface area contributed by atoms with Crippen LogP contribution in [0, 0.1) is 11.3 Å². The molecule has 0 aliphatic carbocycles. The summed E-state index contributed by atoms with van der Waals surface area (Å²) in [7, 11) is 0. The lowest BCUT2D eigenvalue weighted by atomic mass is 10.1. The second-order valence-electron chi connectivity index (χ2n) is 4.08. The van der Waals surface area contributed by atoms with Crippen molar-refractivity contribution in [1.82, 2.24) is 5.32 Å². The number of nitrogens with one attached hydrogen (secondary N) is 1. The molecule has 1 amide bonds. The summed E-state index contributed by atoms with van der Waals surface area (Å²) in [5.41, 5.74) is 1.10. The smallest absolute Gasteiger partial charge is 0.251 e. The lowest BCUT2D eigenvalue weighted by Crippen LogP contribution is -2.33. The number of halogens is 1. The molecule has 0 spiro atoms. The number of carbonyl (C=O) groups excluding carboxylic acids is 1. The molecule has 0 heterocycles. The number of rotatable bonds is 4. The molecule has 0 aromatic heterocycles. The number of amides is 1. The van der Waals surface area contributed by atoms with Crippen LogP contribution in [0.3, 0.4) is 0 Å². The minimum Gasteiger partial charge on any atom is -0.350 e. The molecule has 1 aromatic carbocycles. The molecule has 1 rings (SSSR count). The molecule has 90 valence electrons. The van der Waals surface area contributed by atoms with Crippen LogP contribution in [0.2, 0.25) is 0 Å². The number of benzene rings is 1. The molecule has 0 aliphatic heterocycles. The van der Waals surface area contributed by atoms with Crippen molar-refractivity contribution in [2.45, 2.75) is 31.7 Å². The van der Waals surface area contributed by atoms with Crippen LogP contribution in [0.15, 0.2) is 24.3 Å². The molecule has 0 fully saturated rings. The zero-order chi connectivity index (χ0) is 12.8. The Kier molecular flexibility index (Phi) is 4.99. The first kappa shape index (κ1) is 13.5. The van der Waals surface area contributed by atoms with Gasteiger partial charge in [-0.15, -0.1) is 11.6 Å². The largest absolute Gasteiger partial charge is 0.350 e. The molecule has 2 atom stereocenters. The van der Waals surface area contributed by atoms with E-state index in [9.17, 15) is 4.79 Å². The van der Waals surface area contributed by atoms with Crippen molar-refractivity contribution in [2.24, 2.45) is 0 Å². The zero-order valence-electron chi connectivity index (χ0n) is 9.90. The Labute approximate surface area is 106 Å². The summed E-state index contributed by atoms with van der Waals surface area (Å²) < 4.78 is 0. The number of nitrogens with zero attached hydrogens (tertiary/aromatic N) is 1. The van der Waals surface area contributed by atoms with Crippen molar-refractivity contribution in [3.63, 3.8) is 0 Å². The van der Waals surface area contributed by atoms with E-state index < -0.39 is 0 Å². The van der Waals surface area contributed by atoms with Gasteiger partial charge in [0, 0.05) is 17.0 Å². The minimum atomic E-state index is -0.140. The highest BCUT2D eigenvalue weighted by Gasteiger charge is 2.11. The first-order chi connectivity index (χ1) is 8.02. The van der Waals surface area contributed by atoms with Gasteiger partial charge in [0.05, 0.1) is 11.6 Å². The van der Waals surface area contributed by atoms with E-state index >= 15 is 0 Å². The predicted molar refractivity (Wildman–Crippen MR) is 68.0 cm³/mol. The average molecular weight is 251 g/mol. The minimum absolute atomic E-state index is 0.0330. The highest BCUT2D eigenvalue weighted by atomic mass is 35.5. The summed E-state index contributed by atoms with van der Waals surface area (Å²) in [5, 5.41) is 11.5. The third-order valence-electron chi connectivity index (χ3n) is 2.33. The van der Waals surface area contributed by atoms with Crippen LogP contribution in [0.25, 0.3) is 0 Å². The van der Waals surface area contributed by atoms with Crippen molar-refractivity contribution >= 4 is 17.5 Å². The van der Waals surface area contributed by atoms with E-state index in [2.05, 4.69) is 5.32 Å². The third kappa shape index (κ3) is 4.46. The lowest BCUT2D eigenvalue weighted by Gasteiger charge is -2.14. The molecule has 1 aromatic rings. The van der Waals surface area contributed by atoms with Crippen LogP contribution < -0.4 is 5.32 Å². The van der Waals surface area contributed by atoms with E-state index in [0.717, 1.165) is 6.42 Å². The summed E-state index contributed by atoms with van der Waals surface area (Å²) in [6.07, 6.45) is 0.726. The van der Waals surface area contributed by atoms with Gasteiger partial charge >= 0.3 is 0 Å². The molecule has 0 saturated carbocycles. The Morgan fingerprint density at radius 2 is 2.00 bits per heavy atom. The van der Waals surface area contributed by atoms with Gasteiger partial charge in [-0.05, 0) is 44.5 Å². The lowest BCUT2D eigenvalue weighted by molar-refractivity contribution is 0.0938. The maximum absolute atomic E-state index is 11.8. The van der Waals surface area contributed by atoms with Gasteiger partial charge in [0.25, 0.3) is 5.91 Å². The fourth-order valence-electron chi connectivity index (χ4n) is 1.55. The summed E-state index contributed by atoms with van der Waals surface area (Å²) in [6.45, 7) is 3.81. The summed E-state index contributed by atoms with van der Waals surface area (Å²) in [6, 6.07) is 8.59. The summed E-state index contributed by atoms with van der Waals surface area (Å²) >= 11 is 5.85.